The Morgan fingerprint density at radius 1 is 1.22 bits per heavy atom. The Labute approximate surface area is 166 Å². The lowest BCUT2D eigenvalue weighted by Gasteiger charge is -2.32. The summed E-state index contributed by atoms with van der Waals surface area (Å²) in [7, 11) is 0. The molecule has 4 nitrogen and oxygen atoms in total. The topological polar surface area (TPSA) is 37.3 Å². The number of carbonyl (C=O) groups is 1. The van der Waals surface area contributed by atoms with Crippen molar-refractivity contribution in [3.63, 3.8) is 0 Å². The molecule has 3 heterocycles. The Morgan fingerprint density at radius 3 is 2.85 bits per heavy atom. The number of nitrogens with zero attached hydrogens (tertiary/aromatic N) is 2. The maximum atomic E-state index is 13.1. The molecule has 0 atom stereocenters. The molecule has 0 aliphatic carbocycles. The second kappa shape index (κ2) is 8.70. The number of aromatic nitrogens is 1. The monoisotopic (exact) mass is 385 g/mol. The zero-order chi connectivity index (χ0) is 18.6. The van der Waals surface area contributed by atoms with Gasteiger partial charge in [-0.25, -0.2) is 0 Å². The van der Waals surface area contributed by atoms with E-state index in [1.54, 1.807) is 0 Å². The summed E-state index contributed by atoms with van der Waals surface area (Å²) < 4.78 is 2.34. The number of nitrogens with one attached hydrogen (secondary N) is 1. The Kier molecular flexibility index (Phi) is 6.08. The molecule has 2 aliphatic rings. The first-order valence-corrected chi connectivity index (χ1v) is 11.5. The van der Waals surface area contributed by atoms with Gasteiger partial charge in [-0.15, -0.1) is 11.8 Å². The van der Waals surface area contributed by atoms with Crippen molar-refractivity contribution in [1.29, 1.82) is 0 Å². The van der Waals surface area contributed by atoms with E-state index >= 15 is 0 Å². The first kappa shape index (κ1) is 18.9. The number of amides is 1. The fourth-order valence-electron chi connectivity index (χ4n) is 4.38. The predicted octanol–water partition coefficient (Wildman–Crippen LogP) is 4.38. The molecule has 0 saturated carbocycles. The van der Waals surface area contributed by atoms with Gasteiger partial charge >= 0.3 is 0 Å². The summed E-state index contributed by atoms with van der Waals surface area (Å²) in [5, 5.41) is 5.54. The third kappa shape index (κ3) is 4.04. The van der Waals surface area contributed by atoms with Crippen LogP contribution in [-0.2, 0) is 6.54 Å². The highest BCUT2D eigenvalue weighted by Gasteiger charge is 2.26. The number of fused-ring (bicyclic) bond motifs is 3. The molecule has 0 radical (unpaired) electrons. The van der Waals surface area contributed by atoms with Gasteiger partial charge in [0.15, 0.2) is 0 Å². The van der Waals surface area contributed by atoms with Gasteiger partial charge in [0.25, 0.3) is 5.91 Å². The number of carbonyl (C=O) groups excluding carboxylic acids is 1. The van der Waals surface area contributed by atoms with Crippen LogP contribution in [0.1, 0.15) is 49.4 Å². The van der Waals surface area contributed by atoms with E-state index in [2.05, 4.69) is 39.9 Å². The fraction of sp³-hybridized carbons (Fsp3) is 0.591. The molecule has 5 heteroatoms. The van der Waals surface area contributed by atoms with Crippen molar-refractivity contribution in [1.82, 2.24) is 14.8 Å². The van der Waals surface area contributed by atoms with E-state index in [4.69, 9.17) is 0 Å². The van der Waals surface area contributed by atoms with Crippen molar-refractivity contribution in [3.05, 3.63) is 29.8 Å². The minimum atomic E-state index is 0.114. The molecule has 1 aromatic carbocycles. The molecule has 0 unspecified atom stereocenters. The molecule has 2 aromatic rings. The Bertz CT molecular complexity index is 792. The number of likely N-dealkylation sites (tertiary alicyclic amines) is 1. The SMILES string of the molecule is CCCCN1CCC(CNC(=O)c2c3n(c4ccccc24)CCCS3)CC1. The van der Waals surface area contributed by atoms with E-state index < -0.39 is 0 Å². The number of benzene rings is 1. The minimum absolute atomic E-state index is 0.114. The second-order valence-corrected chi connectivity index (χ2v) is 8.98. The van der Waals surface area contributed by atoms with Gasteiger partial charge in [-0.2, -0.15) is 0 Å². The van der Waals surface area contributed by atoms with Gasteiger partial charge in [-0.1, -0.05) is 31.5 Å². The van der Waals surface area contributed by atoms with Crippen LogP contribution in [0.4, 0.5) is 0 Å². The van der Waals surface area contributed by atoms with E-state index in [1.165, 1.54) is 57.3 Å². The van der Waals surface area contributed by atoms with Crippen LogP contribution in [0.5, 0.6) is 0 Å². The number of unbranched alkanes of at least 4 members (excludes halogenated alkanes) is 1. The van der Waals surface area contributed by atoms with Crippen LogP contribution in [0.25, 0.3) is 10.9 Å². The summed E-state index contributed by atoms with van der Waals surface area (Å²) in [5.74, 6) is 1.83. The molecule has 0 spiro atoms. The molecule has 1 amide bonds. The predicted molar refractivity (Wildman–Crippen MR) is 114 cm³/mol. The number of rotatable bonds is 6. The summed E-state index contributed by atoms with van der Waals surface area (Å²) in [5.41, 5.74) is 2.10. The van der Waals surface area contributed by atoms with Gasteiger partial charge in [-0.05, 0) is 57.3 Å². The molecule has 1 fully saturated rings. The first-order valence-electron chi connectivity index (χ1n) is 10.5. The Hall–Kier alpha value is -1.46. The van der Waals surface area contributed by atoms with Gasteiger partial charge in [-0.3, -0.25) is 4.79 Å². The summed E-state index contributed by atoms with van der Waals surface area (Å²) >= 11 is 1.83. The fourth-order valence-corrected chi connectivity index (χ4v) is 5.54. The van der Waals surface area contributed by atoms with Crippen LogP contribution in [0.15, 0.2) is 29.3 Å². The molecule has 2 aliphatic heterocycles. The van der Waals surface area contributed by atoms with E-state index in [0.717, 1.165) is 34.8 Å². The second-order valence-electron chi connectivity index (χ2n) is 7.90. The van der Waals surface area contributed by atoms with Crippen molar-refractivity contribution in [3.8, 4) is 0 Å². The average molecular weight is 386 g/mol. The first-order chi connectivity index (χ1) is 13.3. The number of aryl methyl sites for hydroxylation is 1. The lowest BCUT2D eigenvalue weighted by atomic mass is 9.96. The van der Waals surface area contributed by atoms with Crippen molar-refractivity contribution in [2.75, 3.05) is 31.9 Å². The minimum Gasteiger partial charge on any atom is -0.352 e. The molecular formula is C22H31N3OS. The van der Waals surface area contributed by atoms with Gasteiger partial charge < -0.3 is 14.8 Å². The standard InChI is InChI=1S/C22H31N3OS/c1-2-3-11-24-13-9-17(10-14-24)16-23-21(26)20-18-7-4-5-8-19(18)25-12-6-15-27-22(20)25/h4-5,7-8,17H,2-3,6,9-16H2,1H3,(H,23,26). The molecule has 146 valence electrons. The highest BCUT2D eigenvalue weighted by Crippen LogP contribution is 2.36. The Balaban J connectivity index is 1.41. The number of hydrogen-bond acceptors (Lipinski definition) is 3. The summed E-state index contributed by atoms with van der Waals surface area (Å²) in [6.07, 6.45) is 6.14. The van der Waals surface area contributed by atoms with E-state index in [0.29, 0.717) is 5.92 Å². The number of thioether (sulfide) groups is 1. The highest BCUT2D eigenvalue weighted by atomic mass is 32.2. The molecular weight excluding hydrogens is 354 g/mol. The van der Waals surface area contributed by atoms with E-state index in [1.807, 2.05) is 17.8 Å². The van der Waals surface area contributed by atoms with Gasteiger partial charge in [0.1, 0.15) is 0 Å². The van der Waals surface area contributed by atoms with Crippen molar-refractivity contribution >= 4 is 28.6 Å². The zero-order valence-corrected chi connectivity index (χ0v) is 17.2. The van der Waals surface area contributed by atoms with Crippen LogP contribution in [-0.4, -0.2) is 47.3 Å². The maximum Gasteiger partial charge on any atom is 0.254 e. The largest absolute Gasteiger partial charge is 0.352 e. The molecule has 27 heavy (non-hydrogen) atoms. The van der Waals surface area contributed by atoms with Crippen molar-refractivity contribution in [2.24, 2.45) is 5.92 Å². The van der Waals surface area contributed by atoms with Gasteiger partial charge in [0.2, 0.25) is 0 Å². The van der Waals surface area contributed by atoms with Gasteiger partial charge in [0.05, 0.1) is 10.6 Å². The van der Waals surface area contributed by atoms with Crippen molar-refractivity contribution in [2.45, 2.75) is 50.6 Å². The van der Waals surface area contributed by atoms with Crippen LogP contribution < -0.4 is 5.32 Å². The number of hydrogen-bond donors (Lipinski definition) is 1. The smallest absolute Gasteiger partial charge is 0.254 e. The highest BCUT2D eigenvalue weighted by molar-refractivity contribution is 7.99. The van der Waals surface area contributed by atoms with Crippen molar-refractivity contribution < 1.29 is 4.79 Å². The average Bonchev–Trinajstić information content (AvgIpc) is 3.06. The van der Waals surface area contributed by atoms with Gasteiger partial charge in [0, 0.05) is 29.7 Å². The zero-order valence-electron chi connectivity index (χ0n) is 16.4. The lowest BCUT2D eigenvalue weighted by Crippen LogP contribution is -2.39. The van der Waals surface area contributed by atoms with Crippen LogP contribution in [0.3, 0.4) is 0 Å². The van der Waals surface area contributed by atoms with E-state index in [9.17, 15) is 4.79 Å². The molecule has 1 aromatic heterocycles. The molecule has 1 N–H and O–H groups in total. The summed E-state index contributed by atoms with van der Waals surface area (Å²) in [4.78, 5) is 15.7. The number of para-hydroxylation sites is 1. The molecule has 1 saturated heterocycles. The normalized spacial score (nSPS) is 18.6. The van der Waals surface area contributed by atoms with Crippen LogP contribution in [0, 0.1) is 5.92 Å². The van der Waals surface area contributed by atoms with Crippen LogP contribution in [0.2, 0.25) is 0 Å². The molecule has 0 bridgehead atoms. The Morgan fingerprint density at radius 2 is 2.04 bits per heavy atom. The molecule has 4 rings (SSSR count). The number of piperidine rings is 1. The van der Waals surface area contributed by atoms with Crippen LogP contribution >= 0.6 is 11.8 Å². The lowest BCUT2D eigenvalue weighted by molar-refractivity contribution is 0.0934. The third-order valence-corrected chi connectivity index (χ3v) is 7.19. The summed E-state index contributed by atoms with van der Waals surface area (Å²) in [6.45, 7) is 7.68. The third-order valence-electron chi connectivity index (χ3n) is 6.00. The summed E-state index contributed by atoms with van der Waals surface area (Å²) in [6, 6.07) is 8.36. The maximum absolute atomic E-state index is 13.1. The van der Waals surface area contributed by atoms with E-state index in [-0.39, 0.29) is 5.91 Å². The quantitative estimate of drug-likeness (QED) is 0.802.